The van der Waals surface area contributed by atoms with E-state index in [1.54, 1.807) is 0 Å². The molecule has 1 aliphatic heterocycles. The quantitative estimate of drug-likeness (QED) is 0.608. The number of carbonyl (C=O) groups excluding carboxylic acids is 1. The van der Waals surface area contributed by atoms with Crippen molar-refractivity contribution in [1.29, 1.82) is 0 Å². The second-order valence-corrected chi connectivity index (χ2v) is 6.58. The lowest BCUT2D eigenvalue weighted by Crippen LogP contribution is -2.12. The van der Waals surface area contributed by atoms with Gasteiger partial charge in [0.15, 0.2) is 5.78 Å². The second kappa shape index (κ2) is 5.05. The maximum absolute atomic E-state index is 12.5. The smallest absolute Gasteiger partial charge is 0.165 e. The van der Waals surface area contributed by atoms with E-state index in [9.17, 15) is 4.79 Å². The van der Waals surface area contributed by atoms with Crippen LogP contribution < -0.4 is 0 Å². The van der Waals surface area contributed by atoms with Crippen LogP contribution >= 0.6 is 11.8 Å². The minimum atomic E-state index is 0.229. The molecule has 1 atom stereocenters. The molecule has 0 amide bonds. The highest BCUT2D eigenvalue weighted by Crippen LogP contribution is 2.45. The molecule has 1 unspecified atom stereocenters. The summed E-state index contributed by atoms with van der Waals surface area (Å²) in [5, 5.41) is 2.57. The van der Waals surface area contributed by atoms with Gasteiger partial charge in [-0.1, -0.05) is 54.6 Å². The summed E-state index contributed by atoms with van der Waals surface area (Å²) in [7, 11) is 0. The van der Waals surface area contributed by atoms with Gasteiger partial charge < -0.3 is 0 Å². The zero-order chi connectivity index (χ0) is 14.2. The van der Waals surface area contributed by atoms with Crippen molar-refractivity contribution >= 4 is 28.3 Å². The number of carbonyl (C=O) groups is 1. The molecule has 0 aromatic heterocycles. The molecule has 1 heterocycles. The van der Waals surface area contributed by atoms with Gasteiger partial charge in [0, 0.05) is 22.1 Å². The van der Waals surface area contributed by atoms with Crippen LogP contribution in [0.4, 0.5) is 0 Å². The van der Waals surface area contributed by atoms with Gasteiger partial charge in [-0.15, -0.1) is 11.8 Å². The number of rotatable bonds is 1. The summed E-state index contributed by atoms with van der Waals surface area (Å²) in [6.45, 7) is 0. The highest BCUT2D eigenvalue weighted by molar-refractivity contribution is 7.99. The topological polar surface area (TPSA) is 17.1 Å². The molecule has 21 heavy (non-hydrogen) atoms. The highest BCUT2D eigenvalue weighted by atomic mass is 32.2. The molecule has 0 bridgehead atoms. The third kappa shape index (κ3) is 2.26. The van der Waals surface area contributed by atoms with Crippen molar-refractivity contribution in [1.82, 2.24) is 0 Å². The van der Waals surface area contributed by atoms with Crippen LogP contribution in [0.1, 0.15) is 27.6 Å². The number of thioether (sulfide) groups is 1. The van der Waals surface area contributed by atoms with Crippen LogP contribution in [0.25, 0.3) is 10.8 Å². The zero-order valence-electron chi connectivity index (χ0n) is 11.5. The Balaban J connectivity index is 1.80. The Kier molecular flexibility index (Phi) is 3.04. The monoisotopic (exact) mass is 290 g/mol. The fraction of sp³-hybridized carbons (Fsp3) is 0.105. The average Bonchev–Trinajstić information content (AvgIpc) is 2.54. The summed E-state index contributed by atoms with van der Waals surface area (Å²) in [4.78, 5) is 13.6. The van der Waals surface area contributed by atoms with Gasteiger partial charge in [-0.2, -0.15) is 0 Å². The molecule has 4 rings (SSSR count). The summed E-state index contributed by atoms with van der Waals surface area (Å²) in [5.41, 5.74) is 2.11. The van der Waals surface area contributed by atoms with E-state index in [1.165, 1.54) is 10.9 Å². The van der Waals surface area contributed by atoms with Crippen LogP contribution in [0.5, 0.6) is 0 Å². The van der Waals surface area contributed by atoms with Crippen LogP contribution in [0, 0.1) is 0 Å². The van der Waals surface area contributed by atoms with Crippen molar-refractivity contribution in [3.63, 3.8) is 0 Å². The Morgan fingerprint density at radius 2 is 1.52 bits per heavy atom. The standard InChI is InChI=1S/C19H14OS/c20-17-12-18(13-6-2-1-3-7-13)21-19-11-15-9-5-4-8-14(15)10-16(17)19/h1-11,18H,12H2. The van der Waals surface area contributed by atoms with Crippen molar-refractivity contribution in [3.05, 3.63) is 77.9 Å². The summed E-state index contributed by atoms with van der Waals surface area (Å²) in [6.07, 6.45) is 0.583. The average molecular weight is 290 g/mol. The third-order valence-corrected chi connectivity index (χ3v) is 5.27. The van der Waals surface area contributed by atoms with Gasteiger partial charge in [-0.05, 0) is 28.5 Å². The highest BCUT2D eigenvalue weighted by Gasteiger charge is 2.27. The predicted octanol–water partition coefficient (Wildman–Crippen LogP) is 5.26. The maximum Gasteiger partial charge on any atom is 0.165 e. The molecule has 0 aliphatic carbocycles. The van der Waals surface area contributed by atoms with Crippen LogP contribution in [-0.4, -0.2) is 5.78 Å². The van der Waals surface area contributed by atoms with Gasteiger partial charge in [0.05, 0.1) is 0 Å². The molecule has 0 N–H and O–H groups in total. The molecule has 0 saturated carbocycles. The van der Waals surface area contributed by atoms with E-state index < -0.39 is 0 Å². The molecule has 1 nitrogen and oxygen atoms in total. The van der Waals surface area contributed by atoms with E-state index in [2.05, 4.69) is 30.3 Å². The van der Waals surface area contributed by atoms with Gasteiger partial charge in [-0.3, -0.25) is 4.79 Å². The van der Waals surface area contributed by atoms with E-state index in [0.29, 0.717) is 6.42 Å². The van der Waals surface area contributed by atoms with E-state index in [1.807, 2.05) is 48.2 Å². The summed E-state index contributed by atoms with van der Waals surface area (Å²) < 4.78 is 0. The Morgan fingerprint density at radius 3 is 2.29 bits per heavy atom. The van der Waals surface area contributed by atoms with Crippen molar-refractivity contribution in [2.24, 2.45) is 0 Å². The van der Waals surface area contributed by atoms with Crippen molar-refractivity contribution in [2.45, 2.75) is 16.6 Å². The number of hydrogen-bond donors (Lipinski definition) is 0. The van der Waals surface area contributed by atoms with Gasteiger partial charge >= 0.3 is 0 Å². The first-order valence-electron chi connectivity index (χ1n) is 7.09. The molecule has 3 aromatic rings. The lowest BCUT2D eigenvalue weighted by molar-refractivity contribution is 0.0976. The SMILES string of the molecule is O=C1CC(c2ccccc2)Sc2cc3ccccc3cc21. The van der Waals surface area contributed by atoms with E-state index in [0.717, 1.165) is 15.8 Å². The number of benzene rings is 3. The molecule has 102 valence electrons. The summed E-state index contributed by atoms with van der Waals surface area (Å²) in [6, 6.07) is 22.7. The molecule has 2 heteroatoms. The second-order valence-electron chi connectivity index (χ2n) is 5.34. The van der Waals surface area contributed by atoms with E-state index in [4.69, 9.17) is 0 Å². The Morgan fingerprint density at radius 1 is 0.857 bits per heavy atom. The normalized spacial score (nSPS) is 17.7. The first-order chi connectivity index (χ1) is 10.3. The zero-order valence-corrected chi connectivity index (χ0v) is 12.3. The molecule has 0 spiro atoms. The largest absolute Gasteiger partial charge is 0.294 e. The van der Waals surface area contributed by atoms with Crippen molar-refractivity contribution in [3.8, 4) is 0 Å². The van der Waals surface area contributed by atoms with Crippen LogP contribution in [0.3, 0.4) is 0 Å². The van der Waals surface area contributed by atoms with Gasteiger partial charge in [0.25, 0.3) is 0 Å². The minimum absolute atomic E-state index is 0.229. The fourth-order valence-corrected chi connectivity index (χ4v) is 4.19. The molecule has 0 fully saturated rings. The van der Waals surface area contributed by atoms with Crippen LogP contribution in [-0.2, 0) is 0 Å². The first kappa shape index (κ1) is 12.7. The fourth-order valence-electron chi connectivity index (χ4n) is 2.86. The Labute approximate surface area is 128 Å². The Bertz CT molecular complexity index is 823. The molecular formula is C19H14OS. The number of ketones is 1. The van der Waals surface area contributed by atoms with Crippen molar-refractivity contribution in [2.75, 3.05) is 0 Å². The van der Waals surface area contributed by atoms with Crippen LogP contribution in [0.2, 0.25) is 0 Å². The molecule has 3 aromatic carbocycles. The minimum Gasteiger partial charge on any atom is -0.294 e. The number of Topliss-reactive ketones (excluding diaryl/α,β-unsaturated/α-hetero) is 1. The van der Waals surface area contributed by atoms with Gasteiger partial charge in [0.2, 0.25) is 0 Å². The van der Waals surface area contributed by atoms with E-state index >= 15 is 0 Å². The van der Waals surface area contributed by atoms with Crippen LogP contribution in [0.15, 0.2) is 71.6 Å². The number of hydrogen-bond acceptors (Lipinski definition) is 2. The Hall–Kier alpha value is -2.06. The van der Waals surface area contributed by atoms with Crippen molar-refractivity contribution < 1.29 is 4.79 Å². The molecule has 0 radical (unpaired) electrons. The number of fused-ring (bicyclic) bond motifs is 2. The molecule has 0 saturated heterocycles. The van der Waals surface area contributed by atoms with E-state index in [-0.39, 0.29) is 11.0 Å². The van der Waals surface area contributed by atoms with Gasteiger partial charge in [0.1, 0.15) is 0 Å². The lowest BCUT2D eigenvalue weighted by Gasteiger charge is -2.24. The third-order valence-electron chi connectivity index (χ3n) is 3.96. The van der Waals surface area contributed by atoms with Gasteiger partial charge in [-0.25, -0.2) is 0 Å². The lowest BCUT2D eigenvalue weighted by atomic mass is 9.99. The summed E-state index contributed by atoms with van der Waals surface area (Å²) in [5.74, 6) is 0.253. The molecular weight excluding hydrogens is 276 g/mol. The predicted molar refractivity (Wildman–Crippen MR) is 87.9 cm³/mol. The molecule has 1 aliphatic rings. The first-order valence-corrected chi connectivity index (χ1v) is 7.97. The maximum atomic E-state index is 12.5. The summed E-state index contributed by atoms with van der Waals surface area (Å²) >= 11 is 1.81.